The minimum Gasteiger partial charge on any atom is -0.312 e. The molecule has 0 aromatic heterocycles. The predicted octanol–water partition coefficient (Wildman–Crippen LogP) is 3.02. The second kappa shape index (κ2) is 6.81. The molecule has 3 rings (SSSR count). The van der Waals surface area contributed by atoms with Gasteiger partial charge in [0.2, 0.25) is 0 Å². The average molecular weight is 333 g/mol. The van der Waals surface area contributed by atoms with E-state index in [9.17, 15) is 12.8 Å². The van der Waals surface area contributed by atoms with E-state index in [1.54, 1.807) is 12.1 Å². The highest BCUT2D eigenvalue weighted by Crippen LogP contribution is 2.22. The molecule has 1 heterocycles. The number of sulfone groups is 1. The van der Waals surface area contributed by atoms with Crippen LogP contribution >= 0.6 is 0 Å². The lowest BCUT2D eigenvalue weighted by molar-refractivity contribution is 0.510. The zero-order valence-electron chi connectivity index (χ0n) is 12.8. The molecule has 1 aliphatic heterocycles. The molecule has 1 aliphatic rings. The monoisotopic (exact) mass is 333 g/mol. The van der Waals surface area contributed by atoms with E-state index >= 15 is 0 Å². The summed E-state index contributed by atoms with van der Waals surface area (Å²) in [4.78, 5) is 0. The fraction of sp³-hybridized carbons (Fsp3) is 0.333. The highest BCUT2D eigenvalue weighted by Gasteiger charge is 2.27. The van der Waals surface area contributed by atoms with Crippen LogP contribution in [0.25, 0.3) is 11.1 Å². The van der Waals surface area contributed by atoms with Gasteiger partial charge in [-0.25, -0.2) is 12.8 Å². The fourth-order valence-corrected chi connectivity index (χ4v) is 4.81. The normalized spacial score (nSPS) is 19.8. The van der Waals surface area contributed by atoms with Crippen molar-refractivity contribution in [3.8, 4) is 11.1 Å². The van der Waals surface area contributed by atoms with Crippen LogP contribution in [0.2, 0.25) is 0 Å². The SMILES string of the molecule is O=S1(=O)CC[C@@H](CNCc2ccc(-c3ccccc3)cc2F)C1. The van der Waals surface area contributed by atoms with Gasteiger partial charge in [-0.3, -0.25) is 0 Å². The zero-order valence-corrected chi connectivity index (χ0v) is 13.7. The zero-order chi connectivity index (χ0) is 16.3. The van der Waals surface area contributed by atoms with E-state index in [1.165, 1.54) is 0 Å². The van der Waals surface area contributed by atoms with Crippen molar-refractivity contribution in [1.29, 1.82) is 0 Å². The van der Waals surface area contributed by atoms with Crippen molar-refractivity contribution in [3.63, 3.8) is 0 Å². The largest absolute Gasteiger partial charge is 0.312 e. The summed E-state index contributed by atoms with van der Waals surface area (Å²) in [6.07, 6.45) is 0.699. The van der Waals surface area contributed by atoms with Crippen LogP contribution in [0.3, 0.4) is 0 Å². The molecular weight excluding hydrogens is 313 g/mol. The Labute approximate surface area is 136 Å². The van der Waals surface area contributed by atoms with Crippen molar-refractivity contribution in [3.05, 3.63) is 59.9 Å². The van der Waals surface area contributed by atoms with Crippen LogP contribution in [0, 0.1) is 11.7 Å². The van der Waals surface area contributed by atoms with Crippen LogP contribution in [0.4, 0.5) is 4.39 Å². The molecule has 1 saturated heterocycles. The molecule has 2 aromatic carbocycles. The molecule has 122 valence electrons. The molecule has 1 N–H and O–H groups in total. The Hall–Kier alpha value is -1.72. The first-order chi connectivity index (χ1) is 11.0. The van der Waals surface area contributed by atoms with Gasteiger partial charge < -0.3 is 5.32 Å². The number of halogens is 1. The summed E-state index contributed by atoms with van der Waals surface area (Å²) in [5, 5.41) is 3.18. The summed E-state index contributed by atoms with van der Waals surface area (Å²) in [7, 11) is -2.85. The lowest BCUT2D eigenvalue weighted by Gasteiger charge is -2.11. The summed E-state index contributed by atoms with van der Waals surface area (Å²) >= 11 is 0. The van der Waals surface area contributed by atoms with Gasteiger partial charge in [-0.2, -0.15) is 0 Å². The molecule has 0 amide bonds. The van der Waals surface area contributed by atoms with E-state index < -0.39 is 9.84 Å². The third-order valence-electron chi connectivity index (χ3n) is 4.24. The molecular formula is C18H20FNO2S. The Bertz CT molecular complexity index is 775. The number of rotatable bonds is 5. The Balaban J connectivity index is 1.59. The first-order valence-corrected chi connectivity index (χ1v) is 9.61. The molecule has 3 nitrogen and oxygen atoms in total. The summed E-state index contributed by atoms with van der Waals surface area (Å²) in [5.41, 5.74) is 2.45. The summed E-state index contributed by atoms with van der Waals surface area (Å²) in [6.45, 7) is 1.02. The molecule has 1 atom stereocenters. The number of benzene rings is 2. The van der Waals surface area contributed by atoms with Gasteiger partial charge in [-0.15, -0.1) is 0 Å². The van der Waals surface area contributed by atoms with Gasteiger partial charge in [0, 0.05) is 12.1 Å². The fourth-order valence-electron chi connectivity index (χ4n) is 2.94. The van der Waals surface area contributed by atoms with Crippen molar-refractivity contribution < 1.29 is 12.8 Å². The Morgan fingerprint density at radius 1 is 1.09 bits per heavy atom. The Morgan fingerprint density at radius 3 is 2.52 bits per heavy atom. The van der Waals surface area contributed by atoms with E-state index in [1.807, 2.05) is 36.4 Å². The third-order valence-corrected chi connectivity index (χ3v) is 6.07. The molecule has 1 fully saturated rings. The van der Waals surface area contributed by atoms with Gasteiger partial charge in [0.15, 0.2) is 9.84 Å². The molecule has 23 heavy (non-hydrogen) atoms. The minimum absolute atomic E-state index is 0.145. The van der Waals surface area contributed by atoms with Gasteiger partial charge in [0.1, 0.15) is 5.82 Å². The number of hydrogen-bond donors (Lipinski definition) is 1. The molecule has 0 aliphatic carbocycles. The maximum absolute atomic E-state index is 14.2. The second-order valence-electron chi connectivity index (χ2n) is 6.07. The summed E-state index contributed by atoms with van der Waals surface area (Å²) < 4.78 is 37.0. The highest BCUT2D eigenvalue weighted by atomic mass is 32.2. The van der Waals surface area contributed by atoms with Crippen LogP contribution in [0.1, 0.15) is 12.0 Å². The average Bonchev–Trinajstić information content (AvgIpc) is 2.89. The predicted molar refractivity (Wildman–Crippen MR) is 90.3 cm³/mol. The van der Waals surface area contributed by atoms with Gasteiger partial charge in [-0.1, -0.05) is 42.5 Å². The number of nitrogens with one attached hydrogen (secondary N) is 1. The molecule has 5 heteroatoms. The van der Waals surface area contributed by atoms with E-state index in [2.05, 4.69) is 5.32 Å². The van der Waals surface area contributed by atoms with Crippen LogP contribution in [0.5, 0.6) is 0 Å². The molecule has 0 unspecified atom stereocenters. The van der Waals surface area contributed by atoms with Crippen LogP contribution in [-0.2, 0) is 16.4 Å². The standard InChI is InChI=1S/C18H20FNO2S/c19-18-10-16(15-4-2-1-3-5-15)6-7-17(18)12-20-11-14-8-9-23(21,22)13-14/h1-7,10,14,20H,8-9,11-13H2/t14-/m0/s1. The Kier molecular flexibility index (Phi) is 4.78. The topological polar surface area (TPSA) is 46.2 Å². The lowest BCUT2D eigenvalue weighted by Crippen LogP contribution is -2.23. The molecule has 0 bridgehead atoms. The quantitative estimate of drug-likeness (QED) is 0.915. The van der Waals surface area contributed by atoms with Gasteiger partial charge >= 0.3 is 0 Å². The van der Waals surface area contributed by atoms with Gasteiger partial charge in [0.25, 0.3) is 0 Å². The number of hydrogen-bond acceptors (Lipinski definition) is 3. The van der Waals surface area contributed by atoms with E-state index in [4.69, 9.17) is 0 Å². The molecule has 0 saturated carbocycles. The maximum atomic E-state index is 14.2. The van der Waals surface area contributed by atoms with Gasteiger partial charge in [0.05, 0.1) is 11.5 Å². The first-order valence-electron chi connectivity index (χ1n) is 7.78. The second-order valence-corrected chi connectivity index (χ2v) is 8.30. The first kappa shape index (κ1) is 16.1. The van der Waals surface area contributed by atoms with E-state index in [0.29, 0.717) is 25.1 Å². The van der Waals surface area contributed by atoms with Crippen molar-refractivity contribution in [2.45, 2.75) is 13.0 Å². The Morgan fingerprint density at radius 2 is 1.87 bits per heavy atom. The molecule has 0 radical (unpaired) electrons. The third kappa shape index (κ3) is 4.18. The van der Waals surface area contributed by atoms with Crippen LogP contribution in [-0.4, -0.2) is 26.5 Å². The molecule has 2 aromatic rings. The van der Waals surface area contributed by atoms with Crippen LogP contribution < -0.4 is 5.32 Å². The maximum Gasteiger partial charge on any atom is 0.150 e. The smallest absolute Gasteiger partial charge is 0.150 e. The van der Waals surface area contributed by atoms with Crippen molar-refractivity contribution in [2.24, 2.45) is 5.92 Å². The van der Waals surface area contributed by atoms with Gasteiger partial charge in [-0.05, 0) is 36.1 Å². The van der Waals surface area contributed by atoms with Crippen molar-refractivity contribution in [1.82, 2.24) is 5.32 Å². The lowest BCUT2D eigenvalue weighted by atomic mass is 10.0. The molecule has 0 spiro atoms. The van der Waals surface area contributed by atoms with Crippen molar-refractivity contribution >= 4 is 9.84 Å². The van der Waals surface area contributed by atoms with Crippen molar-refractivity contribution in [2.75, 3.05) is 18.1 Å². The highest BCUT2D eigenvalue weighted by molar-refractivity contribution is 7.91. The van der Waals surface area contributed by atoms with Crippen LogP contribution in [0.15, 0.2) is 48.5 Å². The summed E-state index contributed by atoms with van der Waals surface area (Å²) in [6, 6.07) is 14.9. The minimum atomic E-state index is -2.85. The van der Waals surface area contributed by atoms with E-state index in [-0.39, 0.29) is 23.2 Å². The summed E-state index contributed by atoms with van der Waals surface area (Å²) in [5.74, 6) is 0.430. The van der Waals surface area contributed by atoms with E-state index in [0.717, 1.165) is 11.1 Å².